The van der Waals surface area contributed by atoms with E-state index in [1.807, 2.05) is 44.4 Å². The zero-order valence-electron chi connectivity index (χ0n) is 19.7. The Labute approximate surface area is 204 Å². The van der Waals surface area contributed by atoms with Crippen molar-refractivity contribution in [3.63, 3.8) is 0 Å². The summed E-state index contributed by atoms with van der Waals surface area (Å²) in [4.78, 5) is 20.7. The number of carbonyl (C=O) groups is 1. The molecule has 0 aliphatic rings. The first-order valence-corrected chi connectivity index (χ1v) is 12.8. The van der Waals surface area contributed by atoms with Gasteiger partial charge in [-0.2, -0.15) is 0 Å². The molecule has 0 aliphatic carbocycles. The van der Waals surface area contributed by atoms with E-state index in [0.29, 0.717) is 18.0 Å². The summed E-state index contributed by atoms with van der Waals surface area (Å²) in [7, 11) is -3.67. The van der Waals surface area contributed by atoms with E-state index in [1.165, 1.54) is 12.3 Å². The van der Waals surface area contributed by atoms with E-state index >= 15 is 0 Å². The van der Waals surface area contributed by atoms with Crippen molar-refractivity contribution in [1.29, 1.82) is 0 Å². The zero-order chi connectivity index (χ0) is 24.9. The van der Waals surface area contributed by atoms with Crippen molar-refractivity contribution in [1.82, 2.24) is 24.6 Å². The van der Waals surface area contributed by atoms with Crippen molar-refractivity contribution in [2.24, 2.45) is 5.41 Å². The van der Waals surface area contributed by atoms with Crippen LogP contribution >= 0.6 is 11.6 Å². The van der Waals surface area contributed by atoms with Gasteiger partial charge in [-0.25, -0.2) is 27.9 Å². The number of amides is 1. The maximum absolute atomic E-state index is 12.4. The number of aromatic nitrogens is 3. The van der Waals surface area contributed by atoms with Crippen LogP contribution in [0.15, 0.2) is 47.9 Å². The van der Waals surface area contributed by atoms with Crippen molar-refractivity contribution in [3.8, 4) is 0 Å². The molecule has 2 heterocycles. The third-order valence-corrected chi connectivity index (χ3v) is 7.09. The number of aryl methyl sites for hydroxylation is 1. The summed E-state index contributed by atoms with van der Waals surface area (Å²) in [5.41, 5.74) is 2.31. The number of sulfonamides is 1. The lowest BCUT2D eigenvalue weighted by molar-refractivity contribution is 0.0212. The second kappa shape index (κ2) is 10.7. The second-order valence-electron chi connectivity index (χ2n) is 9.09. The highest BCUT2D eigenvalue weighted by Crippen LogP contribution is 2.27. The summed E-state index contributed by atoms with van der Waals surface area (Å²) in [6, 6.07) is 8.46. The minimum atomic E-state index is -3.67. The minimum absolute atomic E-state index is 0.0418. The molecule has 0 aliphatic heterocycles. The van der Waals surface area contributed by atoms with E-state index in [-0.39, 0.29) is 23.5 Å². The standard InChI is InChI=1S/C23H30ClN5O4S/c1-16-12-19-18(13-17(16)24)27-15-29(19)14-20(23(2,3)4)33-22(30)26-10-7-11-28-34(31,32)21-8-5-6-9-25-21/h5-6,8-9,12-13,15,20,28H,7,10-11,14H2,1-4H3,(H,26,30)/t20-/m1/s1. The Morgan fingerprint density at radius 2 is 1.97 bits per heavy atom. The molecule has 0 bridgehead atoms. The fraction of sp³-hybridized carbons (Fsp3) is 0.435. The Bertz CT molecular complexity index is 1240. The van der Waals surface area contributed by atoms with E-state index in [2.05, 4.69) is 20.0 Å². The third-order valence-electron chi connectivity index (χ3n) is 5.31. The second-order valence-corrected chi connectivity index (χ2v) is 11.2. The van der Waals surface area contributed by atoms with Crippen LogP contribution in [0.2, 0.25) is 5.02 Å². The number of nitrogens with zero attached hydrogens (tertiary/aromatic N) is 3. The Kier molecular flexibility index (Phi) is 8.17. The largest absolute Gasteiger partial charge is 0.444 e. The summed E-state index contributed by atoms with van der Waals surface area (Å²) >= 11 is 6.20. The number of ether oxygens (including phenoxy) is 1. The highest BCUT2D eigenvalue weighted by atomic mass is 35.5. The molecule has 0 saturated carbocycles. The Morgan fingerprint density at radius 1 is 1.21 bits per heavy atom. The third kappa shape index (κ3) is 6.68. The van der Waals surface area contributed by atoms with Gasteiger partial charge in [0, 0.05) is 29.7 Å². The van der Waals surface area contributed by atoms with E-state index < -0.39 is 22.2 Å². The van der Waals surface area contributed by atoms with Crippen LogP contribution in [0.1, 0.15) is 32.8 Å². The van der Waals surface area contributed by atoms with Gasteiger partial charge >= 0.3 is 6.09 Å². The number of nitrogens with one attached hydrogen (secondary N) is 2. The number of carbonyl (C=O) groups excluding carboxylic acids is 1. The summed E-state index contributed by atoms with van der Waals surface area (Å²) < 4.78 is 34.5. The SMILES string of the molecule is Cc1cc2c(cc1Cl)ncn2C[C@@H](OC(=O)NCCCNS(=O)(=O)c1ccccn1)C(C)(C)C. The number of fused-ring (bicyclic) bond motifs is 1. The lowest BCUT2D eigenvalue weighted by Crippen LogP contribution is -2.39. The highest BCUT2D eigenvalue weighted by Gasteiger charge is 2.29. The van der Waals surface area contributed by atoms with Crippen molar-refractivity contribution in [2.75, 3.05) is 13.1 Å². The molecule has 3 rings (SSSR count). The van der Waals surface area contributed by atoms with Crippen LogP contribution < -0.4 is 10.0 Å². The fourth-order valence-electron chi connectivity index (χ4n) is 3.23. The molecule has 0 fully saturated rings. The molecule has 2 N–H and O–H groups in total. The number of alkyl carbamates (subject to hydrolysis) is 1. The maximum Gasteiger partial charge on any atom is 0.407 e. The first-order valence-electron chi connectivity index (χ1n) is 10.9. The van der Waals surface area contributed by atoms with Crippen LogP contribution in [0.3, 0.4) is 0 Å². The molecule has 3 aromatic rings. The van der Waals surface area contributed by atoms with E-state index in [4.69, 9.17) is 16.3 Å². The normalized spacial score (nSPS) is 13.1. The summed E-state index contributed by atoms with van der Waals surface area (Å²) in [6.07, 6.45) is 2.54. The summed E-state index contributed by atoms with van der Waals surface area (Å²) in [5.74, 6) is 0. The summed E-state index contributed by atoms with van der Waals surface area (Å²) in [5, 5.41) is 3.30. The number of rotatable bonds is 9. The van der Waals surface area contributed by atoms with Crippen LogP contribution in [-0.2, 0) is 21.3 Å². The number of benzene rings is 1. The van der Waals surface area contributed by atoms with Crippen molar-refractivity contribution >= 4 is 38.8 Å². The molecule has 11 heteroatoms. The average Bonchev–Trinajstić information content (AvgIpc) is 3.14. The van der Waals surface area contributed by atoms with E-state index in [0.717, 1.165) is 16.6 Å². The molecule has 0 spiro atoms. The smallest absolute Gasteiger partial charge is 0.407 e. The monoisotopic (exact) mass is 507 g/mol. The van der Waals surface area contributed by atoms with Crippen molar-refractivity contribution in [2.45, 2.75) is 51.8 Å². The molecule has 1 atom stereocenters. The molecule has 1 aromatic carbocycles. The molecule has 2 aromatic heterocycles. The van der Waals surface area contributed by atoms with Crippen LogP contribution in [0.25, 0.3) is 11.0 Å². The first kappa shape index (κ1) is 25.9. The quantitative estimate of drug-likeness (QED) is 0.424. The van der Waals surface area contributed by atoms with Gasteiger partial charge in [-0.05, 0) is 43.2 Å². The molecule has 9 nitrogen and oxygen atoms in total. The lowest BCUT2D eigenvalue weighted by Gasteiger charge is -2.30. The van der Waals surface area contributed by atoms with Gasteiger partial charge in [0.15, 0.2) is 5.03 Å². The predicted octanol–water partition coefficient (Wildman–Crippen LogP) is 3.90. The molecule has 0 saturated heterocycles. The average molecular weight is 508 g/mol. The van der Waals surface area contributed by atoms with Crippen LogP contribution in [0, 0.1) is 12.3 Å². The molecule has 184 valence electrons. The Morgan fingerprint density at radius 3 is 2.65 bits per heavy atom. The van der Waals surface area contributed by atoms with Gasteiger partial charge < -0.3 is 14.6 Å². The number of pyridine rings is 1. The first-order chi connectivity index (χ1) is 16.0. The van der Waals surface area contributed by atoms with Gasteiger partial charge in [-0.15, -0.1) is 0 Å². The molecule has 1 amide bonds. The van der Waals surface area contributed by atoms with Crippen molar-refractivity contribution < 1.29 is 17.9 Å². The Balaban J connectivity index is 1.53. The predicted molar refractivity (Wildman–Crippen MR) is 131 cm³/mol. The Hall–Kier alpha value is -2.69. The number of imidazole rings is 1. The summed E-state index contributed by atoms with van der Waals surface area (Å²) in [6.45, 7) is 8.77. The van der Waals surface area contributed by atoms with Crippen LogP contribution in [0.4, 0.5) is 4.79 Å². The molecular weight excluding hydrogens is 478 g/mol. The topological polar surface area (TPSA) is 115 Å². The molecule has 0 unspecified atom stereocenters. The molecular formula is C23H30ClN5O4S. The molecule has 34 heavy (non-hydrogen) atoms. The van der Waals surface area contributed by atoms with E-state index in [1.54, 1.807) is 18.5 Å². The fourth-order valence-corrected chi connectivity index (χ4v) is 4.41. The highest BCUT2D eigenvalue weighted by molar-refractivity contribution is 7.89. The van der Waals surface area contributed by atoms with E-state index in [9.17, 15) is 13.2 Å². The van der Waals surface area contributed by atoms with Gasteiger partial charge in [-0.1, -0.05) is 38.4 Å². The maximum atomic E-state index is 12.4. The van der Waals surface area contributed by atoms with Crippen LogP contribution in [-0.4, -0.2) is 48.2 Å². The van der Waals surface area contributed by atoms with Crippen molar-refractivity contribution in [3.05, 3.63) is 53.4 Å². The lowest BCUT2D eigenvalue weighted by atomic mass is 9.89. The minimum Gasteiger partial charge on any atom is -0.444 e. The van der Waals surface area contributed by atoms with Gasteiger partial charge in [0.1, 0.15) is 6.10 Å². The molecule has 0 radical (unpaired) electrons. The number of hydrogen-bond donors (Lipinski definition) is 2. The van der Waals surface area contributed by atoms with Gasteiger partial charge in [0.05, 0.1) is 23.9 Å². The van der Waals surface area contributed by atoms with Gasteiger partial charge in [-0.3, -0.25) is 0 Å². The number of hydrogen-bond acceptors (Lipinski definition) is 6. The van der Waals surface area contributed by atoms with Crippen LogP contribution in [0.5, 0.6) is 0 Å². The van der Waals surface area contributed by atoms with Gasteiger partial charge in [0.2, 0.25) is 0 Å². The van der Waals surface area contributed by atoms with Gasteiger partial charge in [0.25, 0.3) is 10.0 Å². The number of halogens is 1. The zero-order valence-corrected chi connectivity index (χ0v) is 21.3.